The topological polar surface area (TPSA) is 13.1 Å². The van der Waals surface area contributed by atoms with Crippen LogP contribution < -0.4 is 0 Å². The Labute approximate surface area is 312 Å². The van der Waals surface area contributed by atoms with Gasteiger partial charge in [-0.1, -0.05) is 170 Å². The normalized spacial score (nSPS) is 14.5. The van der Waals surface area contributed by atoms with Gasteiger partial charge in [-0.2, -0.15) is 0 Å². The van der Waals surface area contributed by atoms with Gasteiger partial charge in [0, 0.05) is 10.8 Å². The highest BCUT2D eigenvalue weighted by Gasteiger charge is 2.21. The summed E-state index contributed by atoms with van der Waals surface area (Å²) in [5, 5.41) is 3.17. The Morgan fingerprint density at radius 3 is 1.63 bits per heavy atom. The van der Waals surface area contributed by atoms with Crippen LogP contribution >= 0.6 is 0 Å². The first-order valence-corrected chi connectivity index (χ1v) is 16.6. The largest absolute Gasteiger partial charge is 0.456 e. The van der Waals surface area contributed by atoms with E-state index in [2.05, 4.69) is 42.5 Å². The van der Waals surface area contributed by atoms with E-state index in [0.717, 1.165) is 54.9 Å². The van der Waals surface area contributed by atoms with Crippen molar-refractivity contribution in [1.29, 1.82) is 0 Å². The zero-order chi connectivity index (χ0) is 43.3. The molecular formula is C50H32O. The highest BCUT2D eigenvalue weighted by Crippen LogP contribution is 2.48. The van der Waals surface area contributed by atoms with Gasteiger partial charge in [-0.05, 0) is 101 Å². The van der Waals surface area contributed by atoms with Gasteiger partial charge in [0.05, 0.1) is 15.1 Å². The Bertz CT molecular complexity index is 3440. The molecule has 0 fully saturated rings. The molecule has 0 unspecified atom stereocenters. The van der Waals surface area contributed by atoms with Gasteiger partial charge in [-0.15, -0.1) is 0 Å². The Balaban J connectivity index is 1.32. The van der Waals surface area contributed by atoms with Crippen LogP contribution in [-0.2, 0) is 0 Å². The molecule has 9 aromatic carbocycles. The van der Waals surface area contributed by atoms with E-state index < -0.39 is 71.6 Å². The summed E-state index contributed by atoms with van der Waals surface area (Å²) in [6.07, 6.45) is 0. The summed E-state index contributed by atoms with van der Waals surface area (Å²) in [7, 11) is 0. The van der Waals surface area contributed by atoms with E-state index in [9.17, 15) is 5.48 Å². The SMILES string of the molecule is [2H]c1c([2H])c([2H])c(-c2c([2H])c([2H])c3c(oc4c([2H])c([2H])c([2H])c(-c5c6ccccc6c(-c6ccc(-c7ccccc7)c(-c7ccccc7)c6)c6ccccc56)c43)c2[2H])c([2H])c1[2H]. The maximum Gasteiger partial charge on any atom is 0.136 e. The monoisotopic (exact) mass is 659 g/mol. The van der Waals surface area contributed by atoms with Gasteiger partial charge < -0.3 is 4.42 Å². The van der Waals surface area contributed by atoms with Gasteiger partial charge in [0.1, 0.15) is 11.2 Å². The molecule has 10 rings (SSSR count). The average Bonchev–Trinajstić information content (AvgIpc) is 3.71. The lowest BCUT2D eigenvalue weighted by molar-refractivity contribution is 0.669. The summed E-state index contributed by atoms with van der Waals surface area (Å²) in [5.74, 6) is 0. The summed E-state index contributed by atoms with van der Waals surface area (Å²) in [4.78, 5) is 0. The van der Waals surface area contributed by atoms with Crippen molar-refractivity contribution in [2.45, 2.75) is 0 Å². The van der Waals surface area contributed by atoms with Gasteiger partial charge in [0.15, 0.2) is 0 Å². The van der Waals surface area contributed by atoms with Gasteiger partial charge in [-0.25, -0.2) is 0 Å². The predicted octanol–water partition coefficient (Wildman–Crippen LogP) is 14.2. The maximum atomic E-state index is 9.53. The number of hydrogen-bond acceptors (Lipinski definition) is 1. The van der Waals surface area contributed by atoms with Crippen molar-refractivity contribution in [3.63, 3.8) is 0 Å². The third kappa shape index (κ3) is 4.86. The summed E-state index contributed by atoms with van der Waals surface area (Å²) in [5.41, 5.74) is 5.60. The van der Waals surface area contributed by atoms with E-state index >= 15 is 0 Å². The minimum Gasteiger partial charge on any atom is -0.456 e. The van der Waals surface area contributed by atoms with Crippen LogP contribution in [-0.4, -0.2) is 0 Å². The molecule has 238 valence electrons. The molecule has 0 aliphatic heterocycles. The van der Waals surface area contributed by atoms with Crippen LogP contribution in [0.15, 0.2) is 198 Å². The minimum atomic E-state index is -0.657. The Morgan fingerprint density at radius 2 is 0.961 bits per heavy atom. The van der Waals surface area contributed by atoms with Crippen LogP contribution in [0.2, 0.25) is 0 Å². The molecule has 0 saturated heterocycles. The van der Waals surface area contributed by atoms with E-state index in [4.69, 9.17) is 14.0 Å². The van der Waals surface area contributed by atoms with Gasteiger partial charge in [0.2, 0.25) is 0 Å². The van der Waals surface area contributed by atoms with Crippen molar-refractivity contribution >= 4 is 43.5 Å². The minimum absolute atomic E-state index is 0.0515. The number of benzene rings is 9. The van der Waals surface area contributed by atoms with Crippen molar-refractivity contribution in [2.75, 3.05) is 0 Å². The van der Waals surface area contributed by atoms with Gasteiger partial charge >= 0.3 is 0 Å². The lowest BCUT2D eigenvalue weighted by Crippen LogP contribution is -1.93. The molecule has 0 aliphatic rings. The summed E-state index contributed by atoms with van der Waals surface area (Å²) in [6, 6.07) is 36.4. The molecule has 0 bridgehead atoms. The lowest BCUT2D eigenvalue weighted by Gasteiger charge is -2.19. The number of fused-ring (bicyclic) bond motifs is 5. The van der Waals surface area contributed by atoms with E-state index in [1.54, 1.807) is 0 Å². The molecule has 1 heterocycles. The number of furan rings is 1. The van der Waals surface area contributed by atoms with Gasteiger partial charge in [-0.3, -0.25) is 0 Å². The van der Waals surface area contributed by atoms with Crippen molar-refractivity contribution in [2.24, 2.45) is 0 Å². The van der Waals surface area contributed by atoms with E-state index in [-0.39, 0.29) is 33.5 Å². The molecule has 0 atom stereocenters. The van der Waals surface area contributed by atoms with Crippen LogP contribution in [0.3, 0.4) is 0 Å². The maximum absolute atomic E-state index is 9.53. The van der Waals surface area contributed by atoms with E-state index in [0.29, 0.717) is 5.56 Å². The number of rotatable bonds is 5. The fourth-order valence-electron chi connectivity index (χ4n) is 7.27. The molecule has 51 heavy (non-hydrogen) atoms. The molecule has 0 radical (unpaired) electrons. The van der Waals surface area contributed by atoms with Crippen LogP contribution in [0.1, 0.15) is 15.1 Å². The van der Waals surface area contributed by atoms with Crippen molar-refractivity contribution in [3.8, 4) is 55.6 Å². The Hall–Kier alpha value is -6.70. The van der Waals surface area contributed by atoms with Crippen LogP contribution in [0.25, 0.3) is 99.1 Å². The molecule has 1 aromatic heterocycles. The quantitative estimate of drug-likeness (QED) is 0.168. The van der Waals surface area contributed by atoms with Gasteiger partial charge in [0.25, 0.3) is 0 Å². The first-order chi connectivity index (χ1) is 29.9. The fraction of sp³-hybridized carbons (Fsp3) is 0. The van der Waals surface area contributed by atoms with E-state index in [1.807, 2.05) is 84.9 Å². The molecule has 0 N–H and O–H groups in total. The molecular weight excluding hydrogens is 617 g/mol. The summed E-state index contributed by atoms with van der Waals surface area (Å²) in [6.45, 7) is 0. The average molecular weight is 660 g/mol. The van der Waals surface area contributed by atoms with Crippen molar-refractivity contribution < 1.29 is 19.5 Å². The van der Waals surface area contributed by atoms with Crippen molar-refractivity contribution in [1.82, 2.24) is 0 Å². The molecule has 1 nitrogen and oxygen atoms in total. The second kappa shape index (κ2) is 12.0. The zero-order valence-corrected chi connectivity index (χ0v) is 27.0. The molecule has 0 saturated carbocycles. The second-order valence-corrected chi connectivity index (χ2v) is 12.3. The molecule has 1 heteroatoms. The standard InChI is InChI=1S/C50H32O/c1-4-15-33(16-5-1)36-27-30-43-47(32-36)51-46-26-14-25-44(50(43)46)49-41-23-12-10-21-39(41)48(40-22-11-13-24-42(40)49)37-28-29-38(34-17-6-2-7-18-34)45(31-37)35-19-8-3-9-20-35/h1-32H/i1D,4D,5D,14D,15D,16D,25D,26D,27D,30D,32D. The fourth-order valence-corrected chi connectivity index (χ4v) is 7.27. The molecule has 0 aliphatic carbocycles. The Kier molecular flexibility index (Phi) is 4.73. The number of hydrogen-bond donors (Lipinski definition) is 0. The highest BCUT2D eigenvalue weighted by molar-refractivity contribution is 6.25. The van der Waals surface area contributed by atoms with Crippen molar-refractivity contribution in [3.05, 3.63) is 194 Å². The van der Waals surface area contributed by atoms with Crippen LogP contribution in [0, 0.1) is 0 Å². The Morgan fingerprint density at radius 1 is 0.353 bits per heavy atom. The summed E-state index contributed by atoms with van der Waals surface area (Å²) >= 11 is 0. The van der Waals surface area contributed by atoms with Crippen LogP contribution in [0.4, 0.5) is 0 Å². The molecule has 10 aromatic rings. The molecule has 0 spiro atoms. The smallest absolute Gasteiger partial charge is 0.136 e. The lowest BCUT2D eigenvalue weighted by atomic mass is 9.83. The first kappa shape index (κ1) is 20.1. The second-order valence-electron chi connectivity index (χ2n) is 12.3. The highest BCUT2D eigenvalue weighted by atomic mass is 16.3. The predicted molar refractivity (Wildman–Crippen MR) is 216 cm³/mol. The first-order valence-electron chi connectivity index (χ1n) is 22.1. The third-order valence-electron chi connectivity index (χ3n) is 9.48. The van der Waals surface area contributed by atoms with Crippen LogP contribution in [0.5, 0.6) is 0 Å². The summed E-state index contributed by atoms with van der Waals surface area (Å²) < 4.78 is 104. The third-order valence-corrected chi connectivity index (χ3v) is 9.48. The zero-order valence-electron chi connectivity index (χ0n) is 38.0. The van der Waals surface area contributed by atoms with E-state index in [1.165, 1.54) is 0 Å². The molecule has 0 amide bonds.